The normalized spacial score (nSPS) is 12.4. The molecule has 0 bridgehead atoms. The first-order valence-corrected chi connectivity index (χ1v) is 6.21. The highest BCUT2D eigenvalue weighted by Gasteiger charge is 2.06. The molecule has 0 saturated heterocycles. The van der Waals surface area contributed by atoms with Crippen LogP contribution in [0.4, 0.5) is 0 Å². The van der Waals surface area contributed by atoms with E-state index in [1.165, 1.54) is 12.0 Å². The van der Waals surface area contributed by atoms with Crippen LogP contribution in [-0.2, 0) is 0 Å². The summed E-state index contributed by atoms with van der Waals surface area (Å²) >= 11 is 0. The SMILES string of the molecule is CCCCOc1cccc(C(CC)NC)c1. The van der Waals surface area contributed by atoms with Crippen LogP contribution in [-0.4, -0.2) is 13.7 Å². The van der Waals surface area contributed by atoms with Crippen LogP contribution in [0.3, 0.4) is 0 Å². The molecule has 0 fully saturated rings. The summed E-state index contributed by atoms with van der Waals surface area (Å²) in [5.41, 5.74) is 1.30. The molecule has 1 unspecified atom stereocenters. The standard InChI is InChI=1S/C14H23NO/c1-4-6-10-16-13-9-7-8-12(11-13)14(5-2)15-3/h7-9,11,14-15H,4-6,10H2,1-3H3. The Hall–Kier alpha value is -1.02. The summed E-state index contributed by atoms with van der Waals surface area (Å²) in [6.45, 7) is 5.18. The highest BCUT2D eigenvalue weighted by atomic mass is 16.5. The van der Waals surface area contributed by atoms with Crippen LogP contribution in [0.25, 0.3) is 0 Å². The molecule has 2 heteroatoms. The average molecular weight is 221 g/mol. The Kier molecular flexibility index (Phi) is 5.94. The molecule has 0 amide bonds. The van der Waals surface area contributed by atoms with E-state index in [0.29, 0.717) is 6.04 Å². The highest BCUT2D eigenvalue weighted by molar-refractivity contribution is 5.30. The first-order chi connectivity index (χ1) is 7.81. The molecular formula is C14H23NO. The Morgan fingerprint density at radius 1 is 1.31 bits per heavy atom. The quantitative estimate of drug-likeness (QED) is 0.711. The lowest BCUT2D eigenvalue weighted by molar-refractivity contribution is 0.308. The van der Waals surface area contributed by atoms with Gasteiger partial charge in [0, 0.05) is 6.04 Å². The van der Waals surface area contributed by atoms with Crippen molar-refractivity contribution >= 4 is 0 Å². The minimum Gasteiger partial charge on any atom is -0.494 e. The zero-order chi connectivity index (χ0) is 11.8. The van der Waals surface area contributed by atoms with Gasteiger partial charge in [-0.15, -0.1) is 0 Å². The smallest absolute Gasteiger partial charge is 0.119 e. The van der Waals surface area contributed by atoms with Gasteiger partial charge in [-0.2, -0.15) is 0 Å². The summed E-state index contributed by atoms with van der Waals surface area (Å²) in [5.74, 6) is 0.986. The van der Waals surface area contributed by atoms with Gasteiger partial charge in [0.25, 0.3) is 0 Å². The van der Waals surface area contributed by atoms with Crippen molar-refractivity contribution < 1.29 is 4.74 Å². The topological polar surface area (TPSA) is 21.3 Å². The van der Waals surface area contributed by atoms with Gasteiger partial charge in [0.05, 0.1) is 6.61 Å². The molecule has 1 atom stereocenters. The molecule has 0 aromatic heterocycles. The summed E-state index contributed by atoms with van der Waals surface area (Å²) in [5, 5.41) is 3.31. The number of nitrogens with one attached hydrogen (secondary N) is 1. The summed E-state index contributed by atoms with van der Waals surface area (Å²) in [4.78, 5) is 0. The number of benzene rings is 1. The van der Waals surface area contributed by atoms with Gasteiger partial charge in [-0.1, -0.05) is 32.4 Å². The van der Waals surface area contributed by atoms with E-state index in [4.69, 9.17) is 4.74 Å². The molecule has 0 spiro atoms. The van der Waals surface area contributed by atoms with Gasteiger partial charge in [0.15, 0.2) is 0 Å². The first-order valence-electron chi connectivity index (χ1n) is 6.21. The second-order valence-corrected chi connectivity index (χ2v) is 4.02. The lowest BCUT2D eigenvalue weighted by Gasteiger charge is -2.15. The Balaban J connectivity index is 2.62. The van der Waals surface area contributed by atoms with Crippen LogP contribution in [0, 0.1) is 0 Å². The van der Waals surface area contributed by atoms with Crippen molar-refractivity contribution in [1.82, 2.24) is 5.32 Å². The van der Waals surface area contributed by atoms with Gasteiger partial charge in [-0.25, -0.2) is 0 Å². The molecule has 1 aromatic carbocycles. The lowest BCUT2D eigenvalue weighted by atomic mass is 10.0. The minimum atomic E-state index is 0.426. The second-order valence-electron chi connectivity index (χ2n) is 4.02. The average Bonchev–Trinajstić information content (AvgIpc) is 2.32. The van der Waals surface area contributed by atoms with Gasteiger partial charge in [0.1, 0.15) is 5.75 Å². The molecule has 0 saturated carbocycles. The number of hydrogen-bond acceptors (Lipinski definition) is 2. The van der Waals surface area contributed by atoms with Crippen molar-refractivity contribution in [1.29, 1.82) is 0 Å². The van der Waals surface area contributed by atoms with Crippen LogP contribution >= 0.6 is 0 Å². The van der Waals surface area contributed by atoms with Gasteiger partial charge in [0.2, 0.25) is 0 Å². The summed E-state index contributed by atoms with van der Waals surface area (Å²) in [6.07, 6.45) is 3.39. The fourth-order valence-electron chi connectivity index (χ4n) is 1.76. The van der Waals surface area contributed by atoms with E-state index >= 15 is 0 Å². The van der Waals surface area contributed by atoms with Crippen molar-refractivity contribution in [2.75, 3.05) is 13.7 Å². The number of hydrogen-bond donors (Lipinski definition) is 1. The summed E-state index contributed by atoms with van der Waals surface area (Å²) in [7, 11) is 2.00. The van der Waals surface area contributed by atoms with Crippen molar-refractivity contribution in [3.8, 4) is 5.75 Å². The van der Waals surface area contributed by atoms with E-state index in [2.05, 4.69) is 37.4 Å². The third-order valence-corrected chi connectivity index (χ3v) is 2.78. The van der Waals surface area contributed by atoms with Crippen molar-refractivity contribution in [2.45, 2.75) is 39.2 Å². The maximum absolute atomic E-state index is 5.70. The molecule has 1 aromatic rings. The van der Waals surface area contributed by atoms with E-state index in [1.54, 1.807) is 0 Å². The Bertz CT molecular complexity index is 295. The molecule has 0 radical (unpaired) electrons. The van der Waals surface area contributed by atoms with E-state index in [-0.39, 0.29) is 0 Å². The van der Waals surface area contributed by atoms with Gasteiger partial charge in [-0.3, -0.25) is 0 Å². The first kappa shape index (κ1) is 13.0. The minimum absolute atomic E-state index is 0.426. The van der Waals surface area contributed by atoms with Crippen LogP contribution in [0.15, 0.2) is 24.3 Å². The largest absolute Gasteiger partial charge is 0.494 e. The highest BCUT2D eigenvalue weighted by Crippen LogP contribution is 2.21. The number of rotatable bonds is 7. The molecular weight excluding hydrogens is 198 g/mol. The lowest BCUT2D eigenvalue weighted by Crippen LogP contribution is -2.15. The molecule has 90 valence electrons. The molecule has 1 N–H and O–H groups in total. The van der Waals surface area contributed by atoms with Crippen molar-refractivity contribution in [2.24, 2.45) is 0 Å². The second kappa shape index (κ2) is 7.29. The van der Waals surface area contributed by atoms with E-state index in [9.17, 15) is 0 Å². The molecule has 2 nitrogen and oxygen atoms in total. The third kappa shape index (κ3) is 3.86. The predicted molar refractivity (Wildman–Crippen MR) is 68.9 cm³/mol. The van der Waals surface area contributed by atoms with Crippen LogP contribution in [0.5, 0.6) is 5.75 Å². The van der Waals surface area contributed by atoms with Gasteiger partial charge >= 0.3 is 0 Å². The maximum Gasteiger partial charge on any atom is 0.119 e. The predicted octanol–water partition coefficient (Wildman–Crippen LogP) is 3.54. The van der Waals surface area contributed by atoms with Crippen molar-refractivity contribution in [3.63, 3.8) is 0 Å². The van der Waals surface area contributed by atoms with Crippen LogP contribution in [0.2, 0.25) is 0 Å². The summed E-state index contributed by atoms with van der Waals surface area (Å²) in [6, 6.07) is 8.81. The van der Waals surface area contributed by atoms with Crippen LogP contribution < -0.4 is 10.1 Å². The fraction of sp³-hybridized carbons (Fsp3) is 0.571. The van der Waals surface area contributed by atoms with E-state index < -0.39 is 0 Å². The zero-order valence-corrected chi connectivity index (χ0v) is 10.6. The number of ether oxygens (including phenoxy) is 1. The Labute approximate surface area is 99.0 Å². The maximum atomic E-state index is 5.70. The van der Waals surface area contributed by atoms with Crippen molar-refractivity contribution in [3.05, 3.63) is 29.8 Å². The molecule has 0 aliphatic rings. The zero-order valence-electron chi connectivity index (χ0n) is 10.6. The summed E-state index contributed by atoms with van der Waals surface area (Å²) < 4.78 is 5.70. The Morgan fingerprint density at radius 2 is 2.12 bits per heavy atom. The number of unbranched alkanes of at least 4 members (excludes halogenated alkanes) is 1. The molecule has 0 heterocycles. The molecule has 16 heavy (non-hydrogen) atoms. The van der Waals surface area contributed by atoms with Crippen LogP contribution in [0.1, 0.15) is 44.7 Å². The van der Waals surface area contributed by atoms with E-state index in [0.717, 1.165) is 25.2 Å². The molecule has 0 aliphatic carbocycles. The van der Waals surface area contributed by atoms with Gasteiger partial charge in [-0.05, 0) is 37.6 Å². The monoisotopic (exact) mass is 221 g/mol. The Morgan fingerprint density at radius 3 is 2.75 bits per heavy atom. The molecule has 0 aliphatic heterocycles. The third-order valence-electron chi connectivity index (χ3n) is 2.78. The fourth-order valence-corrected chi connectivity index (χ4v) is 1.76. The van der Waals surface area contributed by atoms with E-state index in [1.807, 2.05) is 13.1 Å². The van der Waals surface area contributed by atoms with Gasteiger partial charge < -0.3 is 10.1 Å². The molecule has 1 rings (SSSR count).